The number of nitrogens with zero attached hydrogens (tertiary/aromatic N) is 3. The Hall–Kier alpha value is -2.67. The molecule has 0 saturated carbocycles. The fourth-order valence-electron chi connectivity index (χ4n) is 2.17. The van der Waals surface area contributed by atoms with Crippen molar-refractivity contribution in [3.8, 4) is 16.3 Å². The first kappa shape index (κ1) is 17.2. The van der Waals surface area contributed by atoms with Crippen molar-refractivity contribution in [2.24, 2.45) is 0 Å². The van der Waals surface area contributed by atoms with E-state index in [1.165, 1.54) is 16.2 Å². The highest BCUT2D eigenvalue weighted by Gasteiger charge is 2.21. The Labute approximate surface area is 149 Å². The summed E-state index contributed by atoms with van der Waals surface area (Å²) in [7, 11) is 1.62. The first-order valence-electron chi connectivity index (χ1n) is 7.76. The zero-order chi connectivity index (χ0) is 18.2. The van der Waals surface area contributed by atoms with E-state index in [0.717, 1.165) is 20.8 Å². The lowest BCUT2D eigenvalue weighted by atomic mass is 10.2. The summed E-state index contributed by atoms with van der Waals surface area (Å²) in [6.07, 6.45) is 1.22. The number of hydrogen-bond donors (Lipinski definition) is 1. The highest BCUT2D eigenvalue weighted by molar-refractivity contribution is 7.21. The molecule has 25 heavy (non-hydrogen) atoms. The molecule has 0 aliphatic carbocycles. The largest absolute Gasteiger partial charge is 0.508 e. The number of aromatic hydroxyl groups is 1. The molecule has 7 heteroatoms. The molecule has 0 atom stereocenters. The molecule has 1 aromatic carbocycles. The third kappa shape index (κ3) is 3.88. The van der Waals surface area contributed by atoms with E-state index in [1.54, 1.807) is 37.5 Å². The number of amides is 1. The molecule has 0 aliphatic heterocycles. The number of thiazole rings is 1. The van der Waals surface area contributed by atoms with Crippen LogP contribution in [0.4, 0.5) is 10.6 Å². The van der Waals surface area contributed by atoms with Gasteiger partial charge in [0.2, 0.25) is 0 Å². The second kappa shape index (κ2) is 6.33. The van der Waals surface area contributed by atoms with Crippen molar-refractivity contribution < 1.29 is 14.6 Å². The maximum Gasteiger partial charge on any atom is 0.415 e. The Kier molecular flexibility index (Phi) is 4.34. The number of carbonyl (C=O) groups excluding carboxylic acids is 1. The number of benzene rings is 1. The third-order valence-electron chi connectivity index (χ3n) is 3.38. The fourth-order valence-corrected chi connectivity index (χ4v) is 3.16. The number of aromatic nitrogens is 2. The van der Waals surface area contributed by atoms with E-state index in [9.17, 15) is 9.90 Å². The predicted molar refractivity (Wildman–Crippen MR) is 99.2 cm³/mol. The molecule has 3 rings (SSSR count). The first-order chi connectivity index (χ1) is 11.7. The lowest BCUT2D eigenvalue weighted by molar-refractivity contribution is 0.0588. The lowest BCUT2D eigenvalue weighted by Gasteiger charge is -2.24. The monoisotopic (exact) mass is 357 g/mol. The molecule has 0 bridgehead atoms. The van der Waals surface area contributed by atoms with Crippen LogP contribution in [0.15, 0.2) is 36.5 Å². The number of pyridine rings is 1. The number of phenolic OH excluding ortho intramolecular Hbond substituents is 1. The minimum absolute atomic E-state index is 0.218. The third-order valence-corrected chi connectivity index (χ3v) is 4.45. The Morgan fingerprint density at radius 1 is 1.24 bits per heavy atom. The van der Waals surface area contributed by atoms with Gasteiger partial charge in [0.15, 0.2) is 0 Å². The maximum absolute atomic E-state index is 12.1. The molecule has 0 saturated heterocycles. The molecule has 3 aromatic rings. The van der Waals surface area contributed by atoms with Crippen molar-refractivity contribution in [2.75, 3.05) is 11.9 Å². The summed E-state index contributed by atoms with van der Waals surface area (Å²) in [6, 6.07) is 8.70. The van der Waals surface area contributed by atoms with Crippen LogP contribution >= 0.6 is 11.3 Å². The Morgan fingerprint density at radius 3 is 2.64 bits per heavy atom. The molecule has 0 unspecified atom stereocenters. The zero-order valence-electron chi connectivity index (χ0n) is 14.5. The maximum atomic E-state index is 12.1. The molecular weight excluding hydrogens is 338 g/mol. The van der Waals surface area contributed by atoms with Crippen LogP contribution in [0, 0.1) is 0 Å². The normalized spacial score (nSPS) is 11.5. The van der Waals surface area contributed by atoms with Gasteiger partial charge in [-0.1, -0.05) is 0 Å². The van der Waals surface area contributed by atoms with Crippen molar-refractivity contribution in [1.29, 1.82) is 0 Å². The minimum atomic E-state index is -0.558. The molecule has 0 spiro atoms. The van der Waals surface area contributed by atoms with E-state index in [-0.39, 0.29) is 5.75 Å². The Bertz CT molecular complexity index is 913. The van der Waals surface area contributed by atoms with Gasteiger partial charge in [-0.3, -0.25) is 4.90 Å². The van der Waals surface area contributed by atoms with Crippen LogP contribution in [0.25, 0.3) is 20.8 Å². The summed E-state index contributed by atoms with van der Waals surface area (Å²) < 4.78 is 6.24. The van der Waals surface area contributed by atoms with E-state index in [4.69, 9.17) is 4.74 Å². The smallest absolute Gasteiger partial charge is 0.415 e. The van der Waals surface area contributed by atoms with E-state index >= 15 is 0 Å². The van der Waals surface area contributed by atoms with Crippen LogP contribution in [0.2, 0.25) is 0 Å². The fraction of sp³-hybridized carbons (Fsp3) is 0.278. The van der Waals surface area contributed by atoms with Gasteiger partial charge in [-0.05, 0) is 51.1 Å². The van der Waals surface area contributed by atoms with Crippen LogP contribution in [0.3, 0.4) is 0 Å². The number of carbonyl (C=O) groups is 1. The summed E-state index contributed by atoms with van der Waals surface area (Å²) in [5, 5.41) is 10.4. The van der Waals surface area contributed by atoms with Gasteiger partial charge in [-0.25, -0.2) is 14.8 Å². The lowest BCUT2D eigenvalue weighted by Crippen LogP contribution is -2.34. The number of hydrogen-bond acceptors (Lipinski definition) is 6. The quantitative estimate of drug-likeness (QED) is 0.734. The molecule has 0 fully saturated rings. The molecule has 2 aromatic heterocycles. The average molecular weight is 357 g/mol. The molecule has 1 amide bonds. The predicted octanol–water partition coefficient (Wildman–Crippen LogP) is 4.44. The summed E-state index contributed by atoms with van der Waals surface area (Å²) in [6.45, 7) is 5.46. The standard InChI is InChI=1S/C18H19N3O3S/c1-18(2,3)24-17(23)21(4)15-8-5-11(10-19-15)16-20-13-7-6-12(22)9-14(13)25-16/h5-10,22H,1-4H3. The van der Waals surface area contributed by atoms with Gasteiger partial charge in [0, 0.05) is 18.8 Å². The van der Waals surface area contributed by atoms with Crippen LogP contribution in [-0.2, 0) is 4.74 Å². The van der Waals surface area contributed by atoms with Crippen molar-refractivity contribution in [3.05, 3.63) is 36.5 Å². The van der Waals surface area contributed by atoms with Gasteiger partial charge < -0.3 is 9.84 Å². The highest BCUT2D eigenvalue weighted by atomic mass is 32.1. The second-order valence-electron chi connectivity index (χ2n) is 6.62. The Balaban J connectivity index is 1.82. The number of fused-ring (bicyclic) bond motifs is 1. The van der Waals surface area contributed by atoms with E-state index < -0.39 is 11.7 Å². The topological polar surface area (TPSA) is 75.6 Å². The van der Waals surface area contributed by atoms with Crippen LogP contribution in [0.5, 0.6) is 5.75 Å². The summed E-state index contributed by atoms with van der Waals surface area (Å²) in [4.78, 5) is 22.3. The van der Waals surface area contributed by atoms with Gasteiger partial charge in [0.05, 0.1) is 10.2 Å². The second-order valence-corrected chi connectivity index (χ2v) is 7.65. The molecule has 0 radical (unpaired) electrons. The summed E-state index contributed by atoms with van der Waals surface area (Å²) >= 11 is 1.48. The van der Waals surface area contributed by atoms with Crippen molar-refractivity contribution in [3.63, 3.8) is 0 Å². The van der Waals surface area contributed by atoms with Crippen molar-refractivity contribution in [1.82, 2.24) is 9.97 Å². The first-order valence-corrected chi connectivity index (χ1v) is 8.57. The average Bonchev–Trinajstić information content (AvgIpc) is 2.95. The molecule has 130 valence electrons. The van der Waals surface area contributed by atoms with E-state index in [1.807, 2.05) is 26.8 Å². The number of rotatable bonds is 2. The van der Waals surface area contributed by atoms with Gasteiger partial charge in [-0.15, -0.1) is 11.3 Å². The SMILES string of the molecule is CN(C(=O)OC(C)(C)C)c1ccc(-c2nc3ccc(O)cc3s2)cn1. The van der Waals surface area contributed by atoms with Crippen LogP contribution in [-0.4, -0.2) is 33.8 Å². The molecule has 2 heterocycles. The van der Waals surface area contributed by atoms with E-state index in [2.05, 4.69) is 9.97 Å². The molecule has 6 nitrogen and oxygen atoms in total. The summed E-state index contributed by atoms with van der Waals surface area (Å²) in [5.74, 6) is 0.715. The van der Waals surface area contributed by atoms with Crippen LogP contribution in [0.1, 0.15) is 20.8 Å². The van der Waals surface area contributed by atoms with Gasteiger partial charge in [0.25, 0.3) is 0 Å². The molecule has 1 N–H and O–H groups in total. The van der Waals surface area contributed by atoms with Crippen molar-refractivity contribution >= 4 is 33.5 Å². The van der Waals surface area contributed by atoms with Gasteiger partial charge in [-0.2, -0.15) is 0 Å². The zero-order valence-corrected chi connectivity index (χ0v) is 15.3. The van der Waals surface area contributed by atoms with Crippen molar-refractivity contribution in [2.45, 2.75) is 26.4 Å². The molecule has 0 aliphatic rings. The number of ether oxygens (including phenoxy) is 1. The number of anilines is 1. The Morgan fingerprint density at radius 2 is 2.00 bits per heavy atom. The van der Waals surface area contributed by atoms with E-state index in [0.29, 0.717) is 5.82 Å². The number of phenols is 1. The van der Waals surface area contributed by atoms with Gasteiger partial charge in [0.1, 0.15) is 22.2 Å². The minimum Gasteiger partial charge on any atom is -0.508 e. The summed E-state index contributed by atoms with van der Waals surface area (Å²) in [5.41, 5.74) is 1.12. The van der Waals surface area contributed by atoms with Gasteiger partial charge >= 0.3 is 6.09 Å². The highest BCUT2D eigenvalue weighted by Crippen LogP contribution is 2.32. The molecular formula is C18H19N3O3S. The van der Waals surface area contributed by atoms with Crippen LogP contribution < -0.4 is 4.90 Å².